The van der Waals surface area contributed by atoms with E-state index in [1.54, 1.807) is 0 Å². The molecule has 0 atom stereocenters. The summed E-state index contributed by atoms with van der Waals surface area (Å²) in [5, 5.41) is 0. The predicted octanol–water partition coefficient (Wildman–Crippen LogP) is 20.1. The van der Waals surface area contributed by atoms with Crippen LogP contribution in [0.3, 0.4) is 0 Å². The van der Waals surface area contributed by atoms with Gasteiger partial charge in [-0.2, -0.15) is 0 Å². The molecule has 14 heteroatoms. The van der Waals surface area contributed by atoms with Gasteiger partial charge in [-0.3, -0.25) is 33.6 Å². The molecule has 0 aliphatic rings. The van der Waals surface area contributed by atoms with Crippen LogP contribution < -0.4 is 0 Å². The summed E-state index contributed by atoms with van der Waals surface area (Å²) in [5.41, 5.74) is 0. The highest BCUT2D eigenvalue weighted by atomic mass is 16.6. The van der Waals surface area contributed by atoms with Crippen molar-refractivity contribution in [2.24, 2.45) is 23.7 Å². The maximum atomic E-state index is 12.2. The van der Waals surface area contributed by atoms with Gasteiger partial charge in [0.2, 0.25) is 0 Å². The van der Waals surface area contributed by atoms with E-state index in [0.29, 0.717) is 57.3 Å². The monoisotopic (exact) mass is 1230 g/mol. The lowest BCUT2D eigenvalue weighted by atomic mass is 10.1. The van der Waals surface area contributed by atoms with Gasteiger partial charge in [0.25, 0.3) is 0 Å². The number of ether oxygens (including phenoxy) is 7. The van der Waals surface area contributed by atoms with Crippen molar-refractivity contribution in [3.8, 4) is 0 Å². The number of hydrogen-bond donors (Lipinski definition) is 0. The Kier molecular flexibility index (Phi) is 80.0. The summed E-state index contributed by atoms with van der Waals surface area (Å²) in [5.74, 6) is -1.50. The largest absolute Gasteiger partial charge is 0.466 e. The maximum absolute atomic E-state index is 12.2. The minimum Gasteiger partial charge on any atom is -0.466 e. The summed E-state index contributed by atoms with van der Waals surface area (Å²) in [4.78, 5) is 82.8. The number of carbonyl (C=O) groups excluding carboxylic acids is 7. The number of unbranched alkanes of at least 4 members (excludes halogenated alkanes) is 24. The van der Waals surface area contributed by atoms with Crippen LogP contribution in [0, 0.1) is 23.7 Å². The molecule has 0 amide bonds. The molecule has 0 unspecified atom stereocenters. The molecule has 0 rings (SSSR count). The number of esters is 7. The maximum Gasteiger partial charge on any atom is 0.306 e. The fourth-order valence-corrected chi connectivity index (χ4v) is 8.08. The van der Waals surface area contributed by atoms with E-state index in [2.05, 4.69) is 83.1 Å². The van der Waals surface area contributed by atoms with Crippen LogP contribution in [-0.2, 0) is 66.7 Å². The highest BCUT2D eigenvalue weighted by molar-refractivity contribution is 5.72. The van der Waals surface area contributed by atoms with Crippen LogP contribution in [0.15, 0.2) is 0 Å². The smallest absolute Gasteiger partial charge is 0.306 e. The van der Waals surface area contributed by atoms with Gasteiger partial charge in [0.1, 0.15) is 0 Å². The second-order valence-corrected chi connectivity index (χ2v) is 24.2. The van der Waals surface area contributed by atoms with Gasteiger partial charge in [0.15, 0.2) is 0 Å². The molecule has 512 valence electrons. The Morgan fingerprint density at radius 1 is 0.256 bits per heavy atom. The van der Waals surface area contributed by atoms with Crippen molar-refractivity contribution in [3.63, 3.8) is 0 Å². The Hall–Kier alpha value is -3.71. The second kappa shape index (κ2) is 75.5. The van der Waals surface area contributed by atoms with E-state index in [1.807, 2.05) is 6.92 Å². The summed E-state index contributed by atoms with van der Waals surface area (Å²) >= 11 is 0. The second-order valence-electron chi connectivity index (χ2n) is 24.2. The van der Waals surface area contributed by atoms with E-state index in [-0.39, 0.29) is 92.9 Å². The van der Waals surface area contributed by atoms with E-state index in [4.69, 9.17) is 33.2 Å². The van der Waals surface area contributed by atoms with Gasteiger partial charge in [0, 0.05) is 44.4 Å². The van der Waals surface area contributed by atoms with E-state index in [0.717, 1.165) is 103 Å². The molecule has 0 radical (unpaired) electrons. The first kappa shape index (κ1) is 91.0. The zero-order chi connectivity index (χ0) is 65.5. The van der Waals surface area contributed by atoms with E-state index in [1.165, 1.54) is 122 Å². The third kappa shape index (κ3) is 84.5. The summed E-state index contributed by atoms with van der Waals surface area (Å²) in [6.07, 6.45) is 40.0. The topological polar surface area (TPSA) is 184 Å². The molecule has 0 N–H and O–H groups in total. The van der Waals surface area contributed by atoms with Gasteiger partial charge in [-0.25, -0.2) is 0 Å². The summed E-state index contributed by atoms with van der Waals surface area (Å²) in [6, 6.07) is 0. The molecule has 0 aliphatic heterocycles. The first-order chi connectivity index (χ1) is 41.4. The zero-order valence-corrected chi connectivity index (χ0v) is 58.8. The molecule has 0 saturated carbocycles. The standard InChI is InChI=1S/C28H52O6.C26H48O6.C8H16O2.C6H14.C4H10/c1-5-7-9-11-13-15-17-26(29)33-22-25(21-28(31)32-20-19-24(3)4)23-34-27(30)18-16-14-12-10-8-6-2;1-4-7-9-11-13-15-17-24(27)31-21-23(20-26(29)30-19-6-3)22-32-25(28)18-16-14-12-10-8-5-2;1-7(2)5-4-6-10-8(3)9;1-3-5-6-4-2;1-3-4-2/h24-25H,5-23H2,1-4H3;23H,4-22H2,1-3H3;7H,4-6H2,1-3H3;3-6H2,1-2H3;3-4H2,1-2H3. The quantitative estimate of drug-likeness (QED) is 0.0318. The van der Waals surface area contributed by atoms with Crippen LogP contribution in [0.25, 0.3) is 0 Å². The van der Waals surface area contributed by atoms with Gasteiger partial charge < -0.3 is 33.2 Å². The van der Waals surface area contributed by atoms with Crippen LogP contribution in [0.5, 0.6) is 0 Å². The fraction of sp³-hybridized carbons (Fsp3) is 0.903. The van der Waals surface area contributed by atoms with Crippen molar-refractivity contribution >= 4 is 41.8 Å². The van der Waals surface area contributed by atoms with Crippen LogP contribution >= 0.6 is 0 Å². The predicted molar refractivity (Wildman–Crippen MR) is 355 cm³/mol. The summed E-state index contributed by atoms with van der Waals surface area (Å²) < 4.78 is 36.7. The first-order valence-corrected chi connectivity index (χ1v) is 35.4. The van der Waals surface area contributed by atoms with Crippen LogP contribution in [0.1, 0.15) is 354 Å². The highest BCUT2D eigenvalue weighted by Gasteiger charge is 2.21. The average Bonchev–Trinajstić information content (AvgIpc) is 3.49. The van der Waals surface area contributed by atoms with Crippen molar-refractivity contribution in [2.75, 3.05) is 46.2 Å². The molecule has 14 nitrogen and oxygen atoms in total. The summed E-state index contributed by atoms with van der Waals surface area (Å²) in [7, 11) is 0. The van der Waals surface area contributed by atoms with E-state index < -0.39 is 0 Å². The Morgan fingerprint density at radius 2 is 0.523 bits per heavy atom. The molecule has 0 saturated heterocycles. The normalized spacial score (nSPS) is 10.6. The van der Waals surface area contributed by atoms with E-state index >= 15 is 0 Å². The Morgan fingerprint density at radius 3 is 0.779 bits per heavy atom. The lowest BCUT2D eigenvalue weighted by molar-refractivity contribution is -0.155. The van der Waals surface area contributed by atoms with E-state index in [9.17, 15) is 33.6 Å². The van der Waals surface area contributed by atoms with Gasteiger partial charge in [-0.05, 0) is 63.2 Å². The molecule has 0 aliphatic carbocycles. The van der Waals surface area contributed by atoms with Crippen molar-refractivity contribution in [2.45, 2.75) is 354 Å². The molecule has 0 aromatic rings. The van der Waals surface area contributed by atoms with Crippen LogP contribution in [-0.4, -0.2) is 88.0 Å². The highest BCUT2D eigenvalue weighted by Crippen LogP contribution is 2.16. The molecule has 0 spiro atoms. The number of carbonyl (C=O) groups is 7. The first-order valence-electron chi connectivity index (χ1n) is 35.4. The molecule has 0 aromatic heterocycles. The van der Waals surface area contributed by atoms with Gasteiger partial charge in [-0.15, -0.1) is 0 Å². The Labute approximate surface area is 530 Å². The van der Waals surface area contributed by atoms with Crippen LogP contribution in [0.4, 0.5) is 0 Å². The van der Waals surface area contributed by atoms with Gasteiger partial charge in [-0.1, -0.05) is 257 Å². The van der Waals surface area contributed by atoms with Gasteiger partial charge >= 0.3 is 41.8 Å². The Bertz CT molecular complexity index is 1410. The number of hydrogen-bond acceptors (Lipinski definition) is 14. The molecule has 86 heavy (non-hydrogen) atoms. The molecular weight excluding hydrogens is 1090 g/mol. The minimum atomic E-state index is -0.381. The molecular formula is C72H140O14. The third-order valence-corrected chi connectivity index (χ3v) is 13.9. The van der Waals surface area contributed by atoms with Crippen molar-refractivity contribution in [1.82, 2.24) is 0 Å². The van der Waals surface area contributed by atoms with Crippen molar-refractivity contribution in [1.29, 1.82) is 0 Å². The fourth-order valence-electron chi connectivity index (χ4n) is 8.08. The molecule has 0 aromatic carbocycles. The average molecular weight is 1230 g/mol. The SMILES string of the molecule is CC(=O)OCCCC(C)C.CCCC.CCCCCC.CCCCCCCCC(=O)OCC(COC(=O)CCCCCCCC)CC(=O)OCCC.CCCCCCCCC(=O)OCC(COC(=O)CCCCCCCC)CC(=O)OCCC(C)C. The third-order valence-electron chi connectivity index (χ3n) is 13.9. The lowest BCUT2D eigenvalue weighted by Crippen LogP contribution is -2.24. The van der Waals surface area contributed by atoms with Crippen molar-refractivity contribution < 1.29 is 66.7 Å². The molecule has 0 fully saturated rings. The zero-order valence-electron chi connectivity index (χ0n) is 58.8. The summed E-state index contributed by atoms with van der Waals surface area (Å²) in [6.45, 7) is 31.0. The van der Waals surface area contributed by atoms with Crippen LogP contribution in [0.2, 0.25) is 0 Å². The van der Waals surface area contributed by atoms with Crippen molar-refractivity contribution in [3.05, 3.63) is 0 Å². The van der Waals surface area contributed by atoms with Gasteiger partial charge in [0.05, 0.1) is 59.1 Å². The molecule has 0 heterocycles. The number of rotatable bonds is 53. The molecule has 0 bridgehead atoms. The lowest BCUT2D eigenvalue weighted by Gasteiger charge is -2.17. The minimum absolute atomic E-state index is 0.0677. The Balaban J connectivity index is -0.000000385.